The van der Waals surface area contributed by atoms with Crippen LogP contribution in [0.1, 0.15) is 16.1 Å². The van der Waals surface area contributed by atoms with Gasteiger partial charge in [0.2, 0.25) is 10.0 Å². The molecule has 1 aliphatic heterocycles. The number of likely N-dealkylation sites (tertiary alicyclic amines) is 1. The Kier molecular flexibility index (Phi) is 5.74. The number of sulfonamides is 1. The number of aliphatic carboxylic acids is 1. The van der Waals surface area contributed by atoms with Gasteiger partial charge in [0, 0.05) is 18.5 Å². The van der Waals surface area contributed by atoms with Crippen LogP contribution in [0, 0.1) is 5.92 Å². The summed E-state index contributed by atoms with van der Waals surface area (Å²) in [4.78, 5) is 24.8. The lowest BCUT2D eigenvalue weighted by Gasteiger charge is -2.14. The topological polar surface area (TPSA) is 104 Å². The zero-order valence-electron chi connectivity index (χ0n) is 11.1. The Morgan fingerprint density at radius 1 is 1.48 bits per heavy atom. The minimum absolute atomic E-state index is 0. The van der Waals surface area contributed by atoms with E-state index < -0.39 is 21.9 Å². The standard InChI is InChI=1S/C11H14N2O5S2.ClH/c1-12-20(17,18)8-4-9(19-6-8)10(14)13-3-2-7(5-13)11(15)16;/h4,6-7,12H,2-3,5H2,1H3,(H,15,16);1H. The summed E-state index contributed by atoms with van der Waals surface area (Å²) in [6, 6.07) is 1.31. The smallest absolute Gasteiger partial charge is 0.308 e. The largest absolute Gasteiger partial charge is 0.481 e. The highest BCUT2D eigenvalue weighted by molar-refractivity contribution is 7.89. The zero-order chi connectivity index (χ0) is 14.9. The number of carboxylic acid groups (broad SMARTS) is 1. The summed E-state index contributed by atoms with van der Waals surface area (Å²) < 4.78 is 25.4. The Bertz CT molecular complexity index is 643. The molecule has 1 aromatic rings. The Balaban J connectivity index is 0.00000220. The van der Waals surface area contributed by atoms with Crippen molar-refractivity contribution in [1.82, 2.24) is 9.62 Å². The van der Waals surface area contributed by atoms with Crippen molar-refractivity contribution in [2.75, 3.05) is 20.1 Å². The summed E-state index contributed by atoms with van der Waals surface area (Å²) in [6.07, 6.45) is 0.425. The maximum absolute atomic E-state index is 12.2. The average Bonchev–Trinajstić information content (AvgIpc) is 3.07. The molecule has 1 aromatic heterocycles. The fourth-order valence-electron chi connectivity index (χ4n) is 1.99. The van der Waals surface area contributed by atoms with E-state index in [0.717, 1.165) is 11.3 Å². The summed E-state index contributed by atoms with van der Waals surface area (Å²) in [5, 5.41) is 10.3. The first-order chi connectivity index (χ1) is 9.35. The molecule has 10 heteroatoms. The minimum Gasteiger partial charge on any atom is -0.481 e. The fraction of sp³-hybridized carbons (Fsp3) is 0.455. The molecule has 1 saturated heterocycles. The van der Waals surface area contributed by atoms with Gasteiger partial charge in [-0.05, 0) is 19.5 Å². The van der Waals surface area contributed by atoms with E-state index in [0.29, 0.717) is 17.8 Å². The number of carbonyl (C=O) groups is 2. The van der Waals surface area contributed by atoms with Crippen LogP contribution in [0.4, 0.5) is 0 Å². The molecule has 7 nitrogen and oxygen atoms in total. The number of halogens is 1. The summed E-state index contributed by atoms with van der Waals surface area (Å²) in [5.74, 6) is -1.78. The van der Waals surface area contributed by atoms with Gasteiger partial charge in [0.05, 0.1) is 15.7 Å². The maximum Gasteiger partial charge on any atom is 0.308 e. The van der Waals surface area contributed by atoms with E-state index in [-0.39, 0.29) is 29.8 Å². The van der Waals surface area contributed by atoms with Crippen molar-refractivity contribution in [3.63, 3.8) is 0 Å². The average molecular weight is 355 g/mol. The molecule has 1 atom stereocenters. The first-order valence-corrected chi connectivity index (χ1v) is 8.25. The van der Waals surface area contributed by atoms with Crippen LogP contribution in [0.15, 0.2) is 16.3 Å². The predicted molar refractivity (Wildman–Crippen MR) is 79.5 cm³/mol. The van der Waals surface area contributed by atoms with E-state index >= 15 is 0 Å². The van der Waals surface area contributed by atoms with Crippen LogP contribution in [0.5, 0.6) is 0 Å². The lowest BCUT2D eigenvalue weighted by Crippen LogP contribution is -2.29. The van der Waals surface area contributed by atoms with E-state index in [1.54, 1.807) is 0 Å². The lowest BCUT2D eigenvalue weighted by atomic mass is 10.1. The van der Waals surface area contributed by atoms with Gasteiger partial charge in [-0.25, -0.2) is 13.1 Å². The number of carboxylic acids is 1. The number of nitrogens with one attached hydrogen (secondary N) is 1. The molecule has 1 unspecified atom stereocenters. The van der Waals surface area contributed by atoms with Crippen molar-refractivity contribution in [1.29, 1.82) is 0 Å². The van der Waals surface area contributed by atoms with Crippen molar-refractivity contribution >= 4 is 45.6 Å². The quantitative estimate of drug-likeness (QED) is 0.825. The summed E-state index contributed by atoms with van der Waals surface area (Å²) in [6.45, 7) is 0.544. The zero-order valence-corrected chi connectivity index (χ0v) is 13.6. The van der Waals surface area contributed by atoms with Gasteiger partial charge in [-0.15, -0.1) is 23.7 Å². The van der Waals surface area contributed by atoms with Crippen molar-refractivity contribution < 1.29 is 23.1 Å². The highest BCUT2D eigenvalue weighted by Crippen LogP contribution is 2.24. The molecular formula is C11H15ClN2O5S2. The van der Waals surface area contributed by atoms with Gasteiger partial charge in [-0.2, -0.15) is 0 Å². The number of hydrogen-bond donors (Lipinski definition) is 2. The predicted octanol–water partition coefficient (Wildman–Crippen LogP) is 0.625. The van der Waals surface area contributed by atoms with Crippen molar-refractivity contribution in [3.05, 3.63) is 16.3 Å². The van der Waals surface area contributed by atoms with Crippen LogP contribution in [-0.2, 0) is 14.8 Å². The van der Waals surface area contributed by atoms with Crippen LogP contribution in [-0.4, -0.2) is 50.4 Å². The number of hydrogen-bond acceptors (Lipinski definition) is 5. The molecule has 0 bridgehead atoms. The monoisotopic (exact) mass is 354 g/mol. The summed E-state index contributed by atoms with van der Waals surface area (Å²) in [7, 11) is -2.27. The third kappa shape index (κ3) is 3.73. The number of amides is 1. The molecular weight excluding hydrogens is 340 g/mol. The highest BCUT2D eigenvalue weighted by atomic mass is 35.5. The second kappa shape index (κ2) is 6.73. The van der Waals surface area contributed by atoms with Gasteiger partial charge in [-0.3, -0.25) is 9.59 Å². The highest BCUT2D eigenvalue weighted by Gasteiger charge is 2.32. The van der Waals surface area contributed by atoms with Crippen molar-refractivity contribution in [2.45, 2.75) is 11.3 Å². The Morgan fingerprint density at radius 3 is 2.67 bits per heavy atom. The maximum atomic E-state index is 12.2. The van der Waals surface area contributed by atoms with E-state index in [1.807, 2.05) is 0 Å². The first kappa shape index (κ1) is 17.9. The number of nitrogens with zero attached hydrogens (tertiary/aromatic N) is 1. The molecule has 1 amide bonds. The Morgan fingerprint density at radius 2 is 2.14 bits per heavy atom. The number of carbonyl (C=O) groups excluding carboxylic acids is 1. The van der Waals surface area contributed by atoms with E-state index in [1.165, 1.54) is 23.4 Å². The van der Waals surface area contributed by atoms with Crippen LogP contribution in [0.3, 0.4) is 0 Å². The molecule has 2 N–H and O–H groups in total. The second-order valence-corrected chi connectivity index (χ2v) is 7.23. The molecule has 0 radical (unpaired) electrons. The molecule has 21 heavy (non-hydrogen) atoms. The second-order valence-electron chi connectivity index (χ2n) is 4.43. The van der Waals surface area contributed by atoms with Crippen LogP contribution < -0.4 is 4.72 Å². The molecule has 0 aromatic carbocycles. The van der Waals surface area contributed by atoms with Gasteiger partial charge >= 0.3 is 5.97 Å². The molecule has 118 valence electrons. The van der Waals surface area contributed by atoms with Gasteiger partial charge in [0.25, 0.3) is 5.91 Å². The molecule has 0 spiro atoms. The van der Waals surface area contributed by atoms with Crippen LogP contribution >= 0.6 is 23.7 Å². The van der Waals surface area contributed by atoms with Gasteiger partial charge < -0.3 is 10.0 Å². The molecule has 2 heterocycles. The van der Waals surface area contributed by atoms with E-state index in [9.17, 15) is 18.0 Å². The molecule has 1 fully saturated rings. The molecule has 1 aliphatic rings. The van der Waals surface area contributed by atoms with Crippen LogP contribution in [0.2, 0.25) is 0 Å². The fourth-order valence-corrected chi connectivity index (χ4v) is 3.96. The number of thiophene rings is 1. The normalized spacial score (nSPS) is 18.3. The van der Waals surface area contributed by atoms with Gasteiger partial charge in [-0.1, -0.05) is 0 Å². The Labute approximate surface area is 132 Å². The molecule has 2 rings (SSSR count). The Hall–Kier alpha value is -1.16. The molecule has 0 aliphatic carbocycles. The third-order valence-corrected chi connectivity index (χ3v) is 5.65. The summed E-state index contributed by atoms with van der Waals surface area (Å²) in [5.41, 5.74) is 0. The first-order valence-electron chi connectivity index (χ1n) is 5.89. The number of rotatable bonds is 4. The van der Waals surface area contributed by atoms with Gasteiger partial charge in [0.1, 0.15) is 0 Å². The lowest BCUT2D eigenvalue weighted by molar-refractivity contribution is -0.141. The van der Waals surface area contributed by atoms with Gasteiger partial charge in [0.15, 0.2) is 0 Å². The van der Waals surface area contributed by atoms with Crippen LogP contribution in [0.25, 0.3) is 0 Å². The minimum atomic E-state index is -3.56. The van der Waals surface area contributed by atoms with E-state index in [4.69, 9.17) is 5.11 Å². The summed E-state index contributed by atoms with van der Waals surface area (Å²) >= 11 is 1.04. The van der Waals surface area contributed by atoms with Crippen molar-refractivity contribution in [2.24, 2.45) is 5.92 Å². The molecule has 0 saturated carbocycles. The van der Waals surface area contributed by atoms with Crippen molar-refractivity contribution in [3.8, 4) is 0 Å². The van der Waals surface area contributed by atoms with E-state index in [2.05, 4.69) is 4.72 Å². The SMILES string of the molecule is CNS(=O)(=O)c1csc(C(=O)N2CCC(C(=O)O)C2)c1.Cl. The third-order valence-electron chi connectivity index (χ3n) is 3.19.